The summed E-state index contributed by atoms with van der Waals surface area (Å²) in [7, 11) is 1.40. The average Bonchev–Trinajstić information content (AvgIpc) is 3.20. The highest BCUT2D eigenvalue weighted by molar-refractivity contribution is 6.16. The number of carbonyl (C=O) groups is 1. The number of aromatic nitrogens is 2. The van der Waals surface area contributed by atoms with Crippen LogP contribution in [0.3, 0.4) is 0 Å². The second-order valence-corrected chi connectivity index (χ2v) is 7.82. The Labute approximate surface area is 181 Å². The Hall–Kier alpha value is -3.66. The molecule has 31 heavy (non-hydrogen) atoms. The molecule has 0 radical (unpaired) electrons. The fourth-order valence-electron chi connectivity index (χ4n) is 4.31. The number of carbonyl (C=O) groups excluding carboxylic acids is 1. The third-order valence-electron chi connectivity index (χ3n) is 5.94. The van der Waals surface area contributed by atoms with Crippen LogP contribution in [0.25, 0.3) is 44.0 Å². The van der Waals surface area contributed by atoms with Crippen molar-refractivity contribution in [3.05, 3.63) is 78.4 Å². The van der Waals surface area contributed by atoms with Crippen LogP contribution >= 0.6 is 0 Å². The third kappa shape index (κ3) is 3.25. The molecule has 0 aliphatic carbocycles. The van der Waals surface area contributed by atoms with E-state index >= 15 is 0 Å². The molecule has 1 aromatic heterocycles. The Morgan fingerprint density at radius 2 is 1.68 bits per heavy atom. The maximum atomic E-state index is 11.8. The summed E-state index contributed by atoms with van der Waals surface area (Å²) in [4.78, 5) is 16.9. The molecule has 0 N–H and O–H groups in total. The smallest absolute Gasteiger partial charge is 0.337 e. The normalized spacial score (nSPS) is 11.4. The summed E-state index contributed by atoms with van der Waals surface area (Å²) in [5.74, 6) is 0.601. The van der Waals surface area contributed by atoms with Crippen molar-refractivity contribution in [3.8, 4) is 11.4 Å². The zero-order valence-corrected chi connectivity index (χ0v) is 17.8. The van der Waals surface area contributed by atoms with Crippen LogP contribution in [0.5, 0.6) is 0 Å². The molecule has 0 spiro atoms. The molecule has 0 bridgehead atoms. The van der Waals surface area contributed by atoms with Crippen LogP contribution < -0.4 is 0 Å². The number of aryl methyl sites for hydroxylation is 1. The zero-order chi connectivity index (χ0) is 21.4. The summed E-state index contributed by atoms with van der Waals surface area (Å²) in [5.41, 5.74) is 3.70. The van der Waals surface area contributed by atoms with Crippen molar-refractivity contribution in [1.29, 1.82) is 0 Å². The van der Waals surface area contributed by atoms with Gasteiger partial charge in [-0.25, -0.2) is 9.78 Å². The van der Waals surface area contributed by atoms with Gasteiger partial charge < -0.3 is 9.30 Å². The average molecular weight is 409 g/mol. The van der Waals surface area contributed by atoms with Gasteiger partial charge in [0.2, 0.25) is 0 Å². The lowest BCUT2D eigenvalue weighted by Gasteiger charge is -2.10. The number of imidazole rings is 1. The van der Waals surface area contributed by atoms with E-state index in [0.29, 0.717) is 5.56 Å². The van der Waals surface area contributed by atoms with Crippen LogP contribution in [0.1, 0.15) is 30.1 Å². The van der Waals surface area contributed by atoms with Gasteiger partial charge in [0.05, 0.1) is 23.7 Å². The Kier molecular flexibility index (Phi) is 4.91. The standard InChI is InChI=1S/C27H24N2O2/c1-3-4-17-29-24-16-15-22-21-8-6-5-7-18(21)13-14-23(22)25(24)28-26(29)19-9-11-20(12-10-19)27(30)31-2/h5-16H,3-4,17H2,1-2H3. The fraction of sp³-hybridized carbons (Fsp3) is 0.185. The molecule has 0 saturated heterocycles. The van der Waals surface area contributed by atoms with Gasteiger partial charge in [0.15, 0.2) is 0 Å². The van der Waals surface area contributed by atoms with E-state index in [4.69, 9.17) is 9.72 Å². The number of ether oxygens (including phenoxy) is 1. The molecular weight excluding hydrogens is 384 g/mol. The lowest BCUT2D eigenvalue weighted by molar-refractivity contribution is 0.0601. The van der Waals surface area contributed by atoms with Crippen molar-refractivity contribution in [2.45, 2.75) is 26.3 Å². The van der Waals surface area contributed by atoms with Crippen LogP contribution in [-0.4, -0.2) is 22.6 Å². The molecule has 4 heteroatoms. The Balaban J connectivity index is 1.74. The van der Waals surface area contributed by atoms with Crippen molar-refractivity contribution in [2.24, 2.45) is 0 Å². The fourth-order valence-corrected chi connectivity index (χ4v) is 4.31. The number of methoxy groups -OCH3 is 1. The largest absolute Gasteiger partial charge is 0.465 e. The van der Waals surface area contributed by atoms with E-state index < -0.39 is 0 Å². The first-order valence-corrected chi connectivity index (χ1v) is 10.7. The summed E-state index contributed by atoms with van der Waals surface area (Å²) >= 11 is 0. The predicted octanol–water partition coefficient (Wildman–Crippen LogP) is 6.60. The maximum Gasteiger partial charge on any atom is 0.337 e. The number of hydrogen-bond acceptors (Lipinski definition) is 3. The maximum absolute atomic E-state index is 11.8. The molecule has 0 aliphatic heterocycles. The summed E-state index contributed by atoms with van der Waals surface area (Å²) in [6.07, 6.45) is 2.19. The number of unbranched alkanes of at least 4 members (excludes halogenated alkanes) is 1. The molecule has 0 amide bonds. The van der Waals surface area contributed by atoms with E-state index in [0.717, 1.165) is 41.8 Å². The van der Waals surface area contributed by atoms with Crippen LogP contribution in [0, 0.1) is 0 Å². The molecule has 0 aliphatic rings. The second-order valence-electron chi connectivity index (χ2n) is 7.82. The van der Waals surface area contributed by atoms with Crippen molar-refractivity contribution in [2.75, 3.05) is 7.11 Å². The molecule has 1 heterocycles. The Morgan fingerprint density at radius 3 is 2.45 bits per heavy atom. The predicted molar refractivity (Wildman–Crippen MR) is 126 cm³/mol. The Morgan fingerprint density at radius 1 is 0.903 bits per heavy atom. The second kappa shape index (κ2) is 7.88. The highest BCUT2D eigenvalue weighted by Crippen LogP contribution is 2.34. The first-order chi connectivity index (χ1) is 15.2. The number of hydrogen-bond donors (Lipinski definition) is 0. The van der Waals surface area contributed by atoms with Gasteiger partial charge >= 0.3 is 5.97 Å². The van der Waals surface area contributed by atoms with Gasteiger partial charge in [0.1, 0.15) is 5.82 Å². The summed E-state index contributed by atoms with van der Waals surface area (Å²) in [6, 6.07) is 24.7. The monoisotopic (exact) mass is 408 g/mol. The highest BCUT2D eigenvalue weighted by Gasteiger charge is 2.16. The van der Waals surface area contributed by atoms with Gasteiger partial charge in [-0.2, -0.15) is 0 Å². The molecule has 5 aromatic rings. The molecule has 154 valence electrons. The topological polar surface area (TPSA) is 44.1 Å². The van der Waals surface area contributed by atoms with Crippen LogP contribution in [0.15, 0.2) is 72.8 Å². The first kappa shape index (κ1) is 19.3. The van der Waals surface area contributed by atoms with Gasteiger partial charge in [0.25, 0.3) is 0 Å². The molecule has 0 saturated carbocycles. The van der Waals surface area contributed by atoms with Crippen LogP contribution in [-0.2, 0) is 11.3 Å². The summed E-state index contributed by atoms with van der Waals surface area (Å²) in [6.45, 7) is 3.10. The number of rotatable bonds is 5. The molecule has 0 atom stereocenters. The summed E-state index contributed by atoms with van der Waals surface area (Å²) in [5, 5.41) is 4.87. The number of esters is 1. The van der Waals surface area contributed by atoms with Gasteiger partial charge in [0, 0.05) is 17.5 Å². The van der Waals surface area contributed by atoms with Gasteiger partial charge in [-0.1, -0.05) is 67.9 Å². The molecular formula is C27H24N2O2. The van der Waals surface area contributed by atoms with Gasteiger partial charge in [-0.05, 0) is 40.8 Å². The SMILES string of the molecule is CCCCn1c(-c2ccc(C(=O)OC)cc2)nc2c3ccc4ccccc4c3ccc21. The third-order valence-corrected chi connectivity index (χ3v) is 5.94. The quantitative estimate of drug-likeness (QED) is 0.243. The lowest BCUT2D eigenvalue weighted by atomic mass is 10.0. The molecule has 5 rings (SSSR count). The van der Waals surface area contributed by atoms with Gasteiger partial charge in [-0.3, -0.25) is 0 Å². The van der Waals surface area contributed by atoms with Crippen LogP contribution in [0.4, 0.5) is 0 Å². The van der Waals surface area contributed by atoms with E-state index in [1.165, 1.54) is 28.7 Å². The zero-order valence-electron chi connectivity index (χ0n) is 17.8. The van der Waals surface area contributed by atoms with E-state index in [1.54, 1.807) is 12.1 Å². The highest BCUT2D eigenvalue weighted by atomic mass is 16.5. The molecule has 4 aromatic carbocycles. The molecule has 0 fully saturated rings. The number of nitrogens with zero attached hydrogens (tertiary/aromatic N) is 2. The minimum atomic E-state index is -0.330. The number of fused-ring (bicyclic) bond motifs is 5. The van der Waals surface area contributed by atoms with Gasteiger partial charge in [-0.15, -0.1) is 0 Å². The van der Waals surface area contributed by atoms with E-state index in [-0.39, 0.29) is 5.97 Å². The molecule has 0 unspecified atom stereocenters. The first-order valence-electron chi connectivity index (χ1n) is 10.7. The van der Waals surface area contributed by atoms with Crippen molar-refractivity contribution in [1.82, 2.24) is 9.55 Å². The molecule has 4 nitrogen and oxygen atoms in total. The van der Waals surface area contributed by atoms with Crippen LogP contribution in [0.2, 0.25) is 0 Å². The minimum absolute atomic E-state index is 0.330. The van der Waals surface area contributed by atoms with E-state index in [1.807, 2.05) is 12.1 Å². The lowest BCUT2D eigenvalue weighted by Crippen LogP contribution is -2.02. The van der Waals surface area contributed by atoms with E-state index in [2.05, 4.69) is 60.0 Å². The van der Waals surface area contributed by atoms with E-state index in [9.17, 15) is 4.79 Å². The minimum Gasteiger partial charge on any atom is -0.465 e. The van der Waals surface area contributed by atoms with Crippen molar-refractivity contribution < 1.29 is 9.53 Å². The van der Waals surface area contributed by atoms with Crippen molar-refractivity contribution >= 4 is 38.5 Å². The Bertz CT molecular complexity index is 1410. The summed E-state index contributed by atoms with van der Waals surface area (Å²) < 4.78 is 7.14. The van der Waals surface area contributed by atoms with Crippen molar-refractivity contribution in [3.63, 3.8) is 0 Å². The number of benzene rings is 4.